The summed E-state index contributed by atoms with van der Waals surface area (Å²) in [6, 6.07) is 12.1. The molecule has 28 heavy (non-hydrogen) atoms. The van der Waals surface area contributed by atoms with Crippen LogP contribution in [0.1, 0.15) is 43.6 Å². The molecule has 1 saturated heterocycles. The van der Waals surface area contributed by atoms with Gasteiger partial charge in [-0.1, -0.05) is 0 Å². The molecule has 0 radical (unpaired) electrons. The molecule has 144 valence electrons. The van der Waals surface area contributed by atoms with Gasteiger partial charge in [-0.3, -0.25) is 4.79 Å². The summed E-state index contributed by atoms with van der Waals surface area (Å²) in [5.74, 6) is 1.40. The molecule has 0 amide bonds. The maximum absolute atomic E-state index is 11.5. The Kier molecular flexibility index (Phi) is 5.20. The lowest BCUT2D eigenvalue weighted by molar-refractivity contribution is 0.00578. The van der Waals surface area contributed by atoms with E-state index < -0.39 is 18.3 Å². The molecule has 1 aliphatic rings. The first-order valence-corrected chi connectivity index (χ1v) is 8.91. The molecule has 1 fully saturated rings. The highest BCUT2D eigenvalue weighted by Gasteiger charge is 2.52. The Morgan fingerprint density at radius 1 is 1.04 bits per heavy atom. The third-order valence-electron chi connectivity index (χ3n) is 5.21. The number of aldehydes is 1. The highest BCUT2D eigenvalue weighted by atomic mass is 16.7. The van der Waals surface area contributed by atoms with Crippen LogP contribution in [-0.2, 0) is 9.31 Å². The van der Waals surface area contributed by atoms with E-state index in [4.69, 9.17) is 24.0 Å². The molecule has 6 nitrogen and oxygen atoms in total. The molecule has 0 aliphatic carbocycles. The third kappa shape index (κ3) is 3.61. The molecular weight excluding hydrogens is 357 g/mol. The van der Waals surface area contributed by atoms with Crippen LogP contribution in [-0.4, -0.2) is 31.7 Å². The van der Waals surface area contributed by atoms with E-state index in [2.05, 4.69) is 6.07 Å². The lowest BCUT2D eigenvalue weighted by atomic mass is 9.76. The van der Waals surface area contributed by atoms with Gasteiger partial charge in [0.25, 0.3) is 0 Å². The summed E-state index contributed by atoms with van der Waals surface area (Å²) in [5.41, 5.74) is 0.491. The molecule has 7 heteroatoms. The van der Waals surface area contributed by atoms with Crippen molar-refractivity contribution >= 4 is 18.9 Å². The Hall–Kier alpha value is -2.82. The van der Waals surface area contributed by atoms with Gasteiger partial charge < -0.3 is 18.8 Å². The molecule has 0 saturated carbocycles. The molecule has 1 heterocycles. The van der Waals surface area contributed by atoms with Crippen LogP contribution in [0.2, 0.25) is 0 Å². The SMILES string of the molecule is COc1cc(C#N)ccc1Oc1ccc(C=O)c(B2OC(C)(C)C(C)(C)O2)c1. The molecule has 1 aliphatic heterocycles. The Labute approximate surface area is 165 Å². The van der Waals surface area contributed by atoms with E-state index >= 15 is 0 Å². The van der Waals surface area contributed by atoms with Crippen LogP contribution in [0.15, 0.2) is 36.4 Å². The molecule has 0 N–H and O–H groups in total. The van der Waals surface area contributed by atoms with Crippen LogP contribution < -0.4 is 14.9 Å². The van der Waals surface area contributed by atoms with Crippen molar-refractivity contribution in [3.8, 4) is 23.3 Å². The van der Waals surface area contributed by atoms with Crippen molar-refractivity contribution < 1.29 is 23.6 Å². The van der Waals surface area contributed by atoms with Crippen molar-refractivity contribution in [3.05, 3.63) is 47.5 Å². The fraction of sp³-hybridized carbons (Fsp3) is 0.333. The Morgan fingerprint density at radius 2 is 1.71 bits per heavy atom. The number of hydrogen-bond acceptors (Lipinski definition) is 6. The molecule has 2 aromatic rings. The number of benzene rings is 2. The molecule has 0 spiro atoms. The largest absolute Gasteiger partial charge is 0.495 e. The predicted octanol–water partition coefficient (Wildman–Crippen LogP) is 3.47. The zero-order valence-electron chi connectivity index (χ0n) is 16.6. The number of hydrogen-bond donors (Lipinski definition) is 0. The first-order chi connectivity index (χ1) is 13.2. The van der Waals surface area contributed by atoms with Crippen LogP contribution in [0.4, 0.5) is 0 Å². The molecule has 3 rings (SSSR count). The highest BCUT2D eigenvalue weighted by Crippen LogP contribution is 2.37. The van der Waals surface area contributed by atoms with Gasteiger partial charge in [0.15, 0.2) is 11.5 Å². The summed E-state index contributed by atoms with van der Waals surface area (Å²) < 4.78 is 23.4. The maximum atomic E-state index is 11.5. The van der Waals surface area contributed by atoms with Crippen molar-refractivity contribution in [3.63, 3.8) is 0 Å². The Balaban J connectivity index is 1.95. The standard InChI is InChI=1S/C21H22BNO5/c1-20(2)21(3,4)28-22(27-20)17-11-16(8-7-15(17)13-24)26-18-9-6-14(12-23)10-19(18)25-5/h6-11,13H,1-5H3. The van der Waals surface area contributed by atoms with Crippen LogP contribution in [0.5, 0.6) is 17.2 Å². The monoisotopic (exact) mass is 379 g/mol. The van der Waals surface area contributed by atoms with Gasteiger partial charge in [-0.2, -0.15) is 5.26 Å². The van der Waals surface area contributed by atoms with Gasteiger partial charge in [0.05, 0.1) is 29.9 Å². The lowest BCUT2D eigenvalue weighted by Crippen LogP contribution is -2.41. The number of rotatable bonds is 5. The summed E-state index contributed by atoms with van der Waals surface area (Å²) in [7, 11) is 0.825. The van der Waals surface area contributed by atoms with Crippen molar-refractivity contribution in [2.75, 3.05) is 7.11 Å². The predicted molar refractivity (Wildman–Crippen MR) is 105 cm³/mol. The van der Waals surface area contributed by atoms with E-state index in [1.807, 2.05) is 27.7 Å². The van der Waals surface area contributed by atoms with E-state index in [-0.39, 0.29) is 0 Å². The minimum atomic E-state index is -0.684. The average Bonchev–Trinajstić information content (AvgIpc) is 2.89. The summed E-state index contributed by atoms with van der Waals surface area (Å²) in [6.07, 6.45) is 0.770. The van der Waals surface area contributed by atoms with E-state index in [9.17, 15) is 4.79 Å². The Morgan fingerprint density at radius 3 is 2.29 bits per heavy atom. The van der Waals surface area contributed by atoms with Crippen molar-refractivity contribution in [1.82, 2.24) is 0 Å². The summed E-state index contributed by atoms with van der Waals surface area (Å²) in [4.78, 5) is 11.5. The van der Waals surface area contributed by atoms with Crippen LogP contribution in [0, 0.1) is 11.3 Å². The van der Waals surface area contributed by atoms with Crippen LogP contribution in [0.3, 0.4) is 0 Å². The first kappa shape index (κ1) is 19.9. The van der Waals surface area contributed by atoms with Gasteiger partial charge >= 0.3 is 7.12 Å². The zero-order valence-corrected chi connectivity index (χ0v) is 16.6. The van der Waals surface area contributed by atoms with E-state index in [0.717, 1.165) is 6.29 Å². The number of methoxy groups -OCH3 is 1. The van der Waals surface area contributed by atoms with Gasteiger partial charge in [0.2, 0.25) is 0 Å². The first-order valence-electron chi connectivity index (χ1n) is 8.91. The topological polar surface area (TPSA) is 77.8 Å². The molecule has 2 aromatic carbocycles. The summed E-state index contributed by atoms with van der Waals surface area (Å²) >= 11 is 0. The second kappa shape index (κ2) is 7.31. The molecule has 0 aromatic heterocycles. The van der Waals surface area contributed by atoms with E-state index in [0.29, 0.717) is 33.8 Å². The lowest BCUT2D eigenvalue weighted by Gasteiger charge is -2.32. The van der Waals surface area contributed by atoms with Crippen molar-refractivity contribution in [2.24, 2.45) is 0 Å². The van der Waals surface area contributed by atoms with Crippen LogP contribution in [0.25, 0.3) is 0 Å². The van der Waals surface area contributed by atoms with Crippen molar-refractivity contribution in [2.45, 2.75) is 38.9 Å². The number of nitrogens with zero attached hydrogens (tertiary/aromatic N) is 1. The third-order valence-corrected chi connectivity index (χ3v) is 5.21. The second-order valence-electron chi connectivity index (χ2n) is 7.58. The summed E-state index contributed by atoms with van der Waals surface area (Å²) in [5, 5.41) is 9.03. The smallest absolute Gasteiger partial charge is 0.493 e. The van der Waals surface area contributed by atoms with Gasteiger partial charge in [0.1, 0.15) is 12.0 Å². The molecule has 0 unspecified atom stereocenters. The zero-order chi connectivity index (χ0) is 20.5. The molecular formula is C21H22BNO5. The number of carbonyl (C=O) groups excluding carboxylic acids is 1. The van der Waals surface area contributed by atoms with Crippen LogP contribution >= 0.6 is 0 Å². The molecule has 0 bridgehead atoms. The minimum absolute atomic E-state index is 0.440. The Bertz CT molecular complexity index is 932. The minimum Gasteiger partial charge on any atom is -0.493 e. The van der Waals surface area contributed by atoms with Gasteiger partial charge in [-0.05, 0) is 63.5 Å². The fourth-order valence-electron chi connectivity index (χ4n) is 2.85. The molecule has 0 atom stereocenters. The van der Waals surface area contributed by atoms with E-state index in [1.54, 1.807) is 36.4 Å². The normalized spacial score (nSPS) is 17.1. The van der Waals surface area contributed by atoms with Gasteiger partial charge in [-0.25, -0.2) is 0 Å². The number of carbonyl (C=O) groups is 1. The fourth-order valence-corrected chi connectivity index (χ4v) is 2.85. The van der Waals surface area contributed by atoms with Gasteiger partial charge in [0, 0.05) is 11.6 Å². The average molecular weight is 379 g/mol. The number of nitriles is 1. The van der Waals surface area contributed by atoms with Crippen molar-refractivity contribution in [1.29, 1.82) is 5.26 Å². The summed E-state index contributed by atoms with van der Waals surface area (Å²) in [6.45, 7) is 7.82. The highest BCUT2D eigenvalue weighted by molar-refractivity contribution is 6.63. The van der Waals surface area contributed by atoms with E-state index in [1.165, 1.54) is 7.11 Å². The maximum Gasteiger partial charge on any atom is 0.495 e. The quantitative estimate of drug-likeness (QED) is 0.585. The van der Waals surface area contributed by atoms with Gasteiger partial charge in [-0.15, -0.1) is 0 Å². The second-order valence-corrected chi connectivity index (χ2v) is 7.58. The number of ether oxygens (including phenoxy) is 2.